The molecule has 0 aromatic heterocycles. The van der Waals surface area contributed by atoms with E-state index in [-0.39, 0.29) is 30.4 Å². The number of hydrogen-bond donors (Lipinski definition) is 3. The van der Waals surface area contributed by atoms with Gasteiger partial charge in [0.25, 0.3) is 11.8 Å². The number of nitrogens with two attached hydrogens (primary N) is 1. The lowest BCUT2D eigenvalue weighted by Crippen LogP contribution is -2.33. The van der Waals surface area contributed by atoms with Gasteiger partial charge in [0, 0.05) is 12.1 Å². The van der Waals surface area contributed by atoms with Crippen molar-refractivity contribution < 1.29 is 19.1 Å². The van der Waals surface area contributed by atoms with Crippen LogP contribution < -0.4 is 21.1 Å². The molecule has 0 aliphatic rings. The van der Waals surface area contributed by atoms with E-state index in [0.29, 0.717) is 17.9 Å². The number of benzene rings is 2. The summed E-state index contributed by atoms with van der Waals surface area (Å²) in [5.41, 5.74) is 7.49. The number of ether oxygens (including phenoxy) is 1. The number of carbonyl (C=O) groups is 3. The maximum absolute atomic E-state index is 12.0. The van der Waals surface area contributed by atoms with Gasteiger partial charge in [0.05, 0.1) is 6.54 Å². The predicted molar refractivity (Wildman–Crippen MR) is 110 cm³/mol. The Morgan fingerprint density at radius 1 is 0.931 bits per heavy atom. The molecule has 0 fully saturated rings. The van der Waals surface area contributed by atoms with E-state index in [9.17, 15) is 14.4 Å². The van der Waals surface area contributed by atoms with Crippen LogP contribution in [0, 0.1) is 0 Å². The van der Waals surface area contributed by atoms with Gasteiger partial charge in [-0.05, 0) is 40.8 Å². The molecule has 29 heavy (non-hydrogen) atoms. The van der Waals surface area contributed by atoms with Gasteiger partial charge in [0.1, 0.15) is 5.75 Å². The topological polar surface area (TPSA) is 111 Å². The lowest BCUT2D eigenvalue weighted by atomic mass is 9.87. The summed E-state index contributed by atoms with van der Waals surface area (Å²) >= 11 is 0. The van der Waals surface area contributed by atoms with Gasteiger partial charge < -0.3 is 21.1 Å². The van der Waals surface area contributed by atoms with Crippen LogP contribution >= 0.6 is 0 Å². The van der Waals surface area contributed by atoms with Crippen LogP contribution in [0.4, 0.5) is 0 Å². The fraction of sp³-hybridized carbons (Fsp3) is 0.318. The van der Waals surface area contributed by atoms with Crippen molar-refractivity contribution in [2.75, 3.05) is 13.2 Å². The Labute approximate surface area is 170 Å². The molecule has 7 nitrogen and oxygen atoms in total. The van der Waals surface area contributed by atoms with Crippen molar-refractivity contribution >= 4 is 17.7 Å². The molecule has 0 saturated heterocycles. The van der Waals surface area contributed by atoms with Crippen molar-refractivity contribution in [1.82, 2.24) is 10.6 Å². The zero-order valence-electron chi connectivity index (χ0n) is 17.0. The van der Waals surface area contributed by atoms with Gasteiger partial charge in [0.15, 0.2) is 6.61 Å². The molecule has 0 unspecified atom stereocenters. The first-order valence-corrected chi connectivity index (χ1v) is 9.30. The summed E-state index contributed by atoms with van der Waals surface area (Å²) < 4.78 is 5.52. The molecule has 2 aromatic rings. The Balaban J connectivity index is 1.77. The van der Waals surface area contributed by atoms with Crippen molar-refractivity contribution in [2.24, 2.45) is 5.73 Å². The van der Waals surface area contributed by atoms with Crippen LogP contribution in [0.3, 0.4) is 0 Å². The fourth-order valence-electron chi connectivity index (χ4n) is 2.50. The maximum atomic E-state index is 12.0. The van der Waals surface area contributed by atoms with Crippen LogP contribution in [0.25, 0.3) is 0 Å². The second-order valence-corrected chi connectivity index (χ2v) is 7.69. The molecule has 0 spiro atoms. The molecule has 0 atom stereocenters. The van der Waals surface area contributed by atoms with Crippen LogP contribution in [0.15, 0.2) is 48.5 Å². The molecule has 0 bridgehead atoms. The van der Waals surface area contributed by atoms with Gasteiger partial charge in [-0.2, -0.15) is 0 Å². The van der Waals surface area contributed by atoms with Crippen LogP contribution in [0.5, 0.6) is 5.75 Å². The van der Waals surface area contributed by atoms with E-state index >= 15 is 0 Å². The van der Waals surface area contributed by atoms with Crippen molar-refractivity contribution in [3.05, 3.63) is 65.2 Å². The first-order chi connectivity index (χ1) is 13.6. The monoisotopic (exact) mass is 397 g/mol. The minimum absolute atomic E-state index is 0.0635. The Bertz CT molecular complexity index is 853. The first-order valence-electron chi connectivity index (χ1n) is 9.30. The molecule has 3 amide bonds. The van der Waals surface area contributed by atoms with Gasteiger partial charge in [-0.15, -0.1) is 0 Å². The molecule has 0 saturated carbocycles. The summed E-state index contributed by atoms with van der Waals surface area (Å²) in [6.07, 6.45) is 0. The smallest absolute Gasteiger partial charge is 0.258 e. The summed E-state index contributed by atoms with van der Waals surface area (Å²) in [5.74, 6) is -0.594. The standard InChI is InChI=1S/C22H27N3O4/c1-22(2,3)17-8-10-18(11-9-17)29-14-20(27)24-12-15-4-6-16(7-5-15)21(28)25-13-19(23)26/h4-11H,12-14H2,1-3H3,(H2,23,26)(H,24,27)(H,25,28). The zero-order chi connectivity index (χ0) is 21.4. The quantitative estimate of drug-likeness (QED) is 0.632. The minimum atomic E-state index is -0.606. The second kappa shape index (κ2) is 9.73. The van der Waals surface area contributed by atoms with E-state index in [1.807, 2.05) is 24.3 Å². The number of hydrogen-bond acceptors (Lipinski definition) is 4. The van der Waals surface area contributed by atoms with E-state index in [2.05, 4.69) is 31.4 Å². The molecule has 0 heterocycles. The van der Waals surface area contributed by atoms with Gasteiger partial charge in [0.2, 0.25) is 5.91 Å². The van der Waals surface area contributed by atoms with Gasteiger partial charge >= 0.3 is 0 Å². The molecule has 0 aliphatic heterocycles. The van der Waals surface area contributed by atoms with Gasteiger partial charge in [-0.1, -0.05) is 45.0 Å². The molecule has 2 aromatic carbocycles. The average molecular weight is 397 g/mol. The number of primary amides is 1. The van der Waals surface area contributed by atoms with Crippen LogP contribution in [-0.4, -0.2) is 30.9 Å². The summed E-state index contributed by atoms with van der Waals surface area (Å²) in [6, 6.07) is 14.4. The molecule has 7 heteroatoms. The van der Waals surface area contributed by atoms with E-state index < -0.39 is 5.91 Å². The van der Waals surface area contributed by atoms with Crippen molar-refractivity contribution in [2.45, 2.75) is 32.7 Å². The first kappa shape index (κ1) is 21.9. The van der Waals surface area contributed by atoms with Gasteiger partial charge in [-0.25, -0.2) is 0 Å². The SMILES string of the molecule is CC(C)(C)c1ccc(OCC(=O)NCc2ccc(C(=O)NCC(N)=O)cc2)cc1. The molecule has 4 N–H and O–H groups in total. The predicted octanol–water partition coefficient (Wildman–Crippen LogP) is 1.89. The summed E-state index contributed by atoms with van der Waals surface area (Å²) in [7, 11) is 0. The molecule has 0 radical (unpaired) electrons. The lowest BCUT2D eigenvalue weighted by Gasteiger charge is -2.19. The second-order valence-electron chi connectivity index (χ2n) is 7.69. The van der Waals surface area contributed by atoms with Crippen LogP contribution in [-0.2, 0) is 21.5 Å². The normalized spacial score (nSPS) is 10.9. The molecule has 0 aliphatic carbocycles. The Morgan fingerprint density at radius 3 is 2.10 bits per heavy atom. The highest BCUT2D eigenvalue weighted by molar-refractivity contribution is 5.96. The van der Waals surface area contributed by atoms with Crippen molar-refractivity contribution in [3.63, 3.8) is 0 Å². The van der Waals surface area contributed by atoms with Crippen LogP contribution in [0.2, 0.25) is 0 Å². The molecular formula is C22H27N3O4. The summed E-state index contributed by atoms with van der Waals surface area (Å²) in [6.45, 7) is 6.43. The molecule has 154 valence electrons. The number of nitrogens with one attached hydrogen (secondary N) is 2. The fourth-order valence-corrected chi connectivity index (χ4v) is 2.50. The number of amides is 3. The van der Waals surface area contributed by atoms with Gasteiger partial charge in [-0.3, -0.25) is 14.4 Å². The minimum Gasteiger partial charge on any atom is -0.484 e. The zero-order valence-corrected chi connectivity index (χ0v) is 17.0. The highest BCUT2D eigenvalue weighted by atomic mass is 16.5. The van der Waals surface area contributed by atoms with Crippen LogP contribution in [0.1, 0.15) is 42.3 Å². The number of rotatable bonds is 8. The largest absolute Gasteiger partial charge is 0.484 e. The maximum Gasteiger partial charge on any atom is 0.258 e. The third-order valence-corrected chi connectivity index (χ3v) is 4.22. The van der Waals surface area contributed by atoms with E-state index in [0.717, 1.165) is 5.56 Å². The highest BCUT2D eigenvalue weighted by Gasteiger charge is 2.13. The van der Waals surface area contributed by atoms with Crippen molar-refractivity contribution in [3.8, 4) is 5.75 Å². The summed E-state index contributed by atoms with van der Waals surface area (Å²) in [5, 5.41) is 5.18. The highest BCUT2D eigenvalue weighted by Crippen LogP contribution is 2.24. The Morgan fingerprint density at radius 2 is 1.55 bits per heavy atom. The van der Waals surface area contributed by atoms with Crippen molar-refractivity contribution in [1.29, 1.82) is 0 Å². The Kier molecular flexibility index (Phi) is 7.36. The van der Waals surface area contributed by atoms with E-state index in [1.165, 1.54) is 5.56 Å². The van der Waals surface area contributed by atoms with E-state index in [4.69, 9.17) is 10.5 Å². The van der Waals surface area contributed by atoms with E-state index in [1.54, 1.807) is 24.3 Å². The number of carbonyl (C=O) groups excluding carboxylic acids is 3. The summed E-state index contributed by atoms with van der Waals surface area (Å²) in [4.78, 5) is 34.5. The molecule has 2 rings (SSSR count). The lowest BCUT2D eigenvalue weighted by molar-refractivity contribution is -0.123. The molecular weight excluding hydrogens is 370 g/mol. The third kappa shape index (κ3) is 7.29. The third-order valence-electron chi connectivity index (χ3n) is 4.22. The average Bonchev–Trinajstić information content (AvgIpc) is 2.69. The Hall–Kier alpha value is -3.35.